The van der Waals surface area contributed by atoms with E-state index in [1.807, 2.05) is 0 Å². The molecule has 3 rings (SSSR count). The van der Waals surface area contributed by atoms with Crippen LogP contribution in [0.4, 0.5) is 5.69 Å². The van der Waals surface area contributed by atoms with E-state index in [9.17, 15) is 13.2 Å². The van der Waals surface area contributed by atoms with E-state index in [0.29, 0.717) is 11.4 Å². The molecule has 1 aromatic carbocycles. The fraction of sp³-hybridized carbons (Fsp3) is 0.533. The van der Waals surface area contributed by atoms with Gasteiger partial charge in [-0.1, -0.05) is 0 Å². The first kappa shape index (κ1) is 15.3. The minimum Gasteiger partial charge on any atom is -0.497 e. The lowest BCUT2D eigenvalue weighted by Crippen LogP contribution is -2.69. The van der Waals surface area contributed by atoms with Crippen LogP contribution in [0.2, 0.25) is 0 Å². The molecule has 0 saturated carbocycles. The molecule has 2 aliphatic heterocycles. The van der Waals surface area contributed by atoms with Crippen LogP contribution < -0.4 is 15.0 Å². The van der Waals surface area contributed by atoms with Crippen molar-refractivity contribution in [3.05, 3.63) is 24.3 Å². The zero-order valence-corrected chi connectivity index (χ0v) is 13.7. The Hall–Kier alpha value is -1.60. The van der Waals surface area contributed by atoms with Gasteiger partial charge in [-0.2, -0.15) is 0 Å². The van der Waals surface area contributed by atoms with Gasteiger partial charge in [0.05, 0.1) is 30.2 Å². The lowest BCUT2D eigenvalue weighted by Gasteiger charge is -2.45. The van der Waals surface area contributed by atoms with Crippen LogP contribution in [0, 0.1) is 0 Å². The van der Waals surface area contributed by atoms with E-state index in [1.165, 1.54) is 0 Å². The first-order valence-corrected chi connectivity index (χ1v) is 9.01. The number of amides is 1. The second kappa shape index (κ2) is 4.96. The maximum Gasteiger partial charge on any atom is 0.247 e. The number of anilines is 1. The topological polar surface area (TPSA) is 75.7 Å². The average molecular weight is 324 g/mol. The summed E-state index contributed by atoms with van der Waals surface area (Å²) in [5.74, 6) is 0.650. The maximum atomic E-state index is 12.8. The summed E-state index contributed by atoms with van der Waals surface area (Å²) in [4.78, 5) is 14.4. The van der Waals surface area contributed by atoms with Crippen LogP contribution in [-0.2, 0) is 14.6 Å². The van der Waals surface area contributed by atoms with Gasteiger partial charge in [0, 0.05) is 11.7 Å². The van der Waals surface area contributed by atoms with Gasteiger partial charge in [0.15, 0.2) is 9.84 Å². The minimum absolute atomic E-state index is 0.00147. The first-order valence-electron chi connectivity index (χ1n) is 7.19. The monoisotopic (exact) mass is 324 g/mol. The number of methoxy groups -OCH3 is 1. The highest BCUT2D eigenvalue weighted by Crippen LogP contribution is 2.33. The summed E-state index contributed by atoms with van der Waals surface area (Å²) in [6.45, 7) is 3.57. The molecule has 1 N–H and O–H groups in total. The summed E-state index contributed by atoms with van der Waals surface area (Å²) < 4.78 is 29.1. The third-order valence-corrected chi connectivity index (χ3v) is 6.02. The van der Waals surface area contributed by atoms with Crippen molar-refractivity contribution in [3.63, 3.8) is 0 Å². The number of rotatable bonds is 2. The number of sulfone groups is 1. The summed E-state index contributed by atoms with van der Waals surface area (Å²) in [5, 5.41) is 3.19. The first-order chi connectivity index (χ1) is 10.2. The molecule has 0 radical (unpaired) electrons. The Kier molecular flexibility index (Phi) is 3.45. The number of nitrogens with one attached hydrogen (secondary N) is 1. The van der Waals surface area contributed by atoms with E-state index in [4.69, 9.17) is 4.74 Å². The second-order valence-corrected chi connectivity index (χ2v) is 8.55. The van der Waals surface area contributed by atoms with E-state index in [1.54, 1.807) is 50.1 Å². The van der Waals surface area contributed by atoms with Crippen molar-refractivity contribution >= 4 is 21.4 Å². The van der Waals surface area contributed by atoms with Crippen LogP contribution in [0.3, 0.4) is 0 Å². The highest BCUT2D eigenvalue weighted by molar-refractivity contribution is 7.91. The summed E-state index contributed by atoms with van der Waals surface area (Å²) in [5.41, 5.74) is -0.0894. The molecule has 0 aromatic heterocycles. The molecule has 22 heavy (non-hydrogen) atoms. The summed E-state index contributed by atoms with van der Waals surface area (Å²) in [6, 6.07) is 6.53. The third-order valence-electron chi connectivity index (χ3n) is 4.30. The van der Waals surface area contributed by atoms with E-state index in [-0.39, 0.29) is 29.5 Å². The number of benzene rings is 1. The molecule has 120 valence electrons. The van der Waals surface area contributed by atoms with Crippen LogP contribution in [0.5, 0.6) is 5.75 Å². The van der Waals surface area contributed by atoms with Crippen molar-refractivity contribution in [3.8, 4) is 5.75 Å². The average Bonchev–Trinajstić information content (AvgIpc) is 2.73. The van der Waals surface area contributed by atoms with Crippen LogP contribution >= 0.6 is 0 Å². The summed E-state index contributed by atoms with van der Waals surface area (Å²) in [6.07, 6.45) is 0. The molecule has 2 aliphatic rings. The number of ether oxygens (including phenoxy) is 1. The van der Waals surface area contributed by atoms with Crippen LogP contribution in [0.15, 0.2) is 24.3 Å². The van der Waals surface area contributed by atoms with Crippen LogP contribution in [0.1, 0.15) is 13.8 Å². The number of hydrogen-bond acceptors (Lipinski definition) is 5. The molecule has 6 nitrogen and oxygen atoms in total. The van der Waals surface area contributed by atoms with Crippen LogP contribution in [0.25, 0.3) is 0 Å². The smallest absolute Gasteiger partial charge is 0.247 e. The summed E-state index contributed by atoms with van der Waals surface area (Å²) >= 11 is 0. The van der Waals surface area contributed by atoms with Gasteiger partial charge in [0.1, 0.15) is 5.75 Å². The van der Waals surface area contributed by atoms with Gasteiger partial charge in [-0.15, -0.1) is 0 Å². The van der Waals surface area contributed by atoms with Crippen molar-refractivity contribution in [2.24, 2.45) is 0 Å². The molecule has 7 heteroatoms. The maximum absolute atomic E-state index is 12.8. The predicted molar refractivity (Wildman–Crippen MR) is 83.9 cm³/mol. The Labute approximate surface area is 130 Å². The molecule has 0 aliphatic carbocycles. The lowest BCUT2D eigenvalue weighted by molar-refractivity contribution is -0.126. The van der Waals surface area contributed by atoms with E-state index in [0.717, 1.165) is 0 Å². The third kappa shape index (κ3) is 2.48. The Morgan fingerprint density at radius 3 is 2.45 bits per heavy atom. The molecule has 1 aromatic rings. The number of carbonyl (C=O) groups excluding carboxylic acids is 1. The molecular weight excluding hydrogens is 304 g/mol. The summed E-state index contributed by atoms with van der Waals surface area (Å²) in [7, 11) is -1.56. The number of fused-ring (bicyclic) bond motifs is 1. The number of piperazine rings is 1. The second-order valence-electron chi connectivity index (χ2n) is 6.39. The van der Waals surface area contributed by atoms with Gasteiger partial charge in [-0.3, -0.25) is 10.1 Å². The van der Waals surface area contributed by atoms with E-state index < -0.39 is 15.4 Å². The highest BCUT2D eigenvalue weighted by atomic mass is 32.2. The zero-order chi connectivity index (χ0) is 16.1. The van der Waals surface area contributed by atoms with E-state index in [2.05, 4.69) is 5.32 Å². The van der Waals surface area contributed by atoms with Gasteiger partial charge in [-0.05, 0) is 38.1 Å². The molecule has 2 saturated heterocycles. The molecule has 2 heterocycles. The lowest BCUT2D eigenvalue weighted by atomic mass is 9.93. The number of hydrogen-bond donors (Lipinski definition) is 1. The number of nitrogens with zero attached hydrogens (tertiary/aromatic N) is 1. The minimum atomic E-state index is -3.14. The molecule has 2 atom stereocenters. The van der Waals surface area contributed by atoms with Gasteiger partial charge in [0.25, 0.3) is 0 Å². The standard InChI is InChI=1S/C15H20N2O4S/c1-15(2)14(18)17(10-4-6-11(21-3)7-5-10)13-9-22(19,20)8-12(13)16-15/h4-7,12-13,16H,8-9H2,1-3H3/t12-,13+/m1/s1. The molecule has 0 spiro atoms. The Morgan fingerprint density at radius 1 is 1.23 bits per heavy atom. The van der Waals surface area contributed by atoms with Crippen molar-refractivity contribution in [2.45, 2.75) is 31.5 Å². The fourth-order valence-electron chi connectivity index (χ4n) is 3.25. The number of carbonyl (C=O) groups is 1. The molecule has 1 amide bonds. The highest BCUT2D eigenvalue weighted by Gasteiger charge is 2.52. The molecule has 0 bridgehead atoms. The normalized spacial score (nSPS) is 29.2. The zero-order valence-electron chi connectivity index (χ0n) is 12.9. The predicted octanol–water partition coefficient (Wildman–Crippen LogP) is 0.576. The van der Waals surface area contributed by atoms with Crippen LogP contribution in [-0.4, -0.2) is 50.6 Å². The Balaban J connectivity index is 2.03. The molecule has 2 fully saturated rings. The molecular formula is C15H20N2O4S. The largest absolute Gasteiger partial charge is 0.497 e. The van der Waals surface area contributed by atoms with Gasteiger partial charge < -0.3 is 9.64 Å². The van der Waals surface area contributed by atoms with Crippen molar-refractivity contribution in [1.82, 2.24) is 5.32 Å². The quantitative estimate of drug-likeness (QED) is 0.861. The van der Waals surface area contributed by atoms with Gasteiger partial charge >= 0.3 is 0 Å². The van der Waals surface area contributed by atoms with Crippen molar-refractivity contribution in [2.75, 3.05) is 23.5 Å². The molecule has 0 unspecified atom stereocenters. The Morgan fingerprint density at radius 2 is 1.86 bits per heavy atom. The van der Waals surface area contributed by atoms with Gasteiger partial charge in [0.2, 0.25) is 5.91 Å². The van der Waals surface area contributed by atoms with Gasteiger partial charge in [-0.25, -0.2) is 8.42 Å². The fourth-order valence-corrected chi connectivity index (χ4v) is 5.14. The van der Waals surface area contributed by atoms with Crippen molar-refractivity contribution < 1.29 is 17.9 Å². The SMILES string of the molecule is COc1ccc(N2C(=O)C(C)(C)N[C@@H]3CS(=O)(=O)C[C@@H]32)cc1. The Bertz CT molecular complexity index is 697. The van der Waals surface area contributed by atoms with Crippen molar-refractivity contribution in [1.29, 1.82) is 0 Å². The van der Waals surface area contributed by atoms with E-state index >= 15 is 0 Å².